The zero-order valence-electron chi connectivity index (χ0n) is 13.1. The van der Waals surface area contributed by atoms with E-state index in [1.165, 1.54) is 13.3 Å². The Morgan fingerprint density at radius 3 is 2.48 bits per heavy atom. The first-order chi connectivity index (χ1) is 11.9. The zero-order chi connectivity index (χ0) is 18.4. The summed E-state index contributed by atoms with van der Waals surface area (Å²) in [5.74, 6) is -0.919. The third-order valence-corrected chi connectivity index (χ3v) is 3.21. The Morgan fingerprint density at radius 1 is 1.20 bits per heavy atom. The molecule has 0 bridgehead atoms. The Bertz CT molecular complexity index is 815. The van der Waals surface area contributed by atoms with Crippen LogP contribution in [0.2, 0.25) is 0 Å². The zero-order valence-corrected chi connectivity index (χ0v) is 13.9. The molecule has 0 saturated carbocycles. The van der Waals surface area contributed by atoms with Gasteiger partial charge in [0.25, 0.3) is 0 Å². The van der Waals surface area contributed by atoms with Crippen LogP contribution in [0.25, 0.3) is 0 Å². The van der Waals surface area contributed by atoms with Gasteiger partial charge in [0.15, 0.2) is 5.11 Å². The van der Waals surface area contributed by atoms with Crippen LogP contribution in [-0.4, -0.2) is 39.8 Å². The predicted molar refractivity (Wildman–Crippen MR) is 96.9 cm³/mol. The Balaban J connectivity index is 2.24. The lowest BCUT2D eigenvalue weighted by molar-refractivity contribution is 0.177. The maximum Gasteiger partial charge on any atom is 0.413 e. The SMILES string of the molecule is COC(=O)NC(=S)Nc1ccccc1N=Cc1c(O)cc(O)cc1O. The van der Waals surface area contributed by atoms with E-state index in [0.717, 1.165) is 12.1 Å². The summed E-state index contributed by atoms with van der Waals surface area (Å²) in [7, 11) is 1.22. The van der Waals surface area contributed by atoms with Gasteiger partial charge in [-0.25, -0.2) is 4.79 Å². The maximum absolute atomic E-state index is 11.1. The molecule has 0 aliphatic carbocycles. The number of aromatic hydroxyl groups is 3. The summed E-state index contributed by atoms with van der Waals surface area (Å²) in [6, 6.07) is 8.96. The molecule has 25 heavy (non-hydrogen) atoms. The van der Waals surface area contributed by atoms with Crippen molar-refractivity contribution in [1.82, 2.24) is 5.32 Å². The Kier molecular flexibility index (Phi) is 5.75. The van der Waals surface area contributed by atoms with Gasteiger partial charge in [-0.2, -0.15) is 0 Å². The fourth-order valence-corrected chi connectivity index (χ4v) is 2.06. The number of carbonyl (C=O) groups excluding carboxylic acids is 1. The average molecular weight is 361 g/mol. The molecule has 0 aliphatic heterocycles. The molecule has 2 rings (SSSR count). The van der Waals surface area contributed by atoms with E-state index in [2.05, 4.69) is 20.4 Å². The van der Waals surface area contributed by atoms with E-state index in [1.54, 1.807) is 24.3 Å². The van der Waals surface area contributed by atoms with Gasteiger partial charge in [0.1, 0.15) is 17.2 Å². The lowest BCUT2D eigenvalue weighted by Crippen LogP contribution is -2.33. The van der Waals surface area contributed by atoms with Crippen molar-refractivity contribution in [2.24, 2.45) is 4.99 Å². The van der Waals surface area contributed by atoms with Gasteiger partial charge >= 0.3 is 6.09 Å². The van der Waals surface area contributed by atoms with E-state index in [-0.39, 0.29) is 27.9 Å². The van der Waals surface area contributed by atoms with E-state index in [9.17, 15) is 20.1 Å². The quantitative estimate of drug-likeness (QED) is 0.420. The first-order valence-electron chi connectivity index (χ1n) is 6.94. The van der Waals surface area contributed by atoms with Crippen molar-refractivity contribution >= 4 is 41.0 Å². The predicted octanol–water partition coefficient (Wildman–Crippen LogP) is 2.61. The highest BCUT2D eigenvalue weighted by molar-refractivity contribution is 7.80. The van der Waals surface area contributed by atoms with E-state index in [4.69, 9.17) is 12.2 Å². The number of rotatable bonds is 3. The number of hydrogen-bond donors (Lipinski definition) is 5. The minimum Gasteiger partial charge on any atom is -0.508 e. The number of benzene rings is 2. The molecular weight excluding hydrogens is 346 g/mol. The van der Waals surface area contributed by atoms with Gasteiger partial charge in [-0.1, -0.05) is 12.1 Å². The summed E-state index contributed by atoms with van der Waals surface area (Å²) >= 11 is 4.99. The number of alkyl carbamates (subject to hydrolysis) is 1. The third-order valence-electron chi connectivity index (χ3n) is 3.01. The molecule has 0 radical (unpaired) electrons. The van der Waals surface area contributed by atoms with E-state index in [0.29, 0.717) is 11.4 Å². The largest absolute Gasteiger partial charge is 0.508 e. The van der Waals surface area contributed by atoms with Gasteiger partial charge in [0, 0.05) is 18.3 Å². The fourth-order valence-electron chi connectivity index (χ4n) is 1.86. The van der Waals surface area contributed by atoms with Gasteiger partial charge in [-0.15, -0.1) is 0 Å². The third kappa shape index (κ3) is 4.82. The van der Waals surface area contributed by atoms with Crippen molar-refractivity contribution in [3.63, 3.8) is 0 Å². The fraction of sp³-hybridized carbons (Fsp3) is 0.0625. The second kappa shape index (κ2) is 7.97. The Hall–Kier alpha value is -3.33. The van der Waals surface area contributed by atoms with Crippen molar-refractivity contribution < 1.29 is 24.9 Å². The molecule has 8 nitrogen and oxygen atoms in total. The van der Waals surface area contributed by atoms with Gasteiger partial charge in [-0.05, 0) is 24.4 Å². The number of methoxy groups -OCH3 is 1. The number of nitrogens with one attached hydrogen (secondary N) is 2. The van der Waals surface area contributed by atoms with E-state index in [1.807, 2.05) is 0 Å². The molecular formula is C16H15N3O5S. The normalized spacial score (nSPS) is 10.4. The van der Waals surface area contributed by atoms with Crippen LogP contribution in [0, 0.1) is 0 Å². The first kappa shape index (κ1) is 18.0. The van der Waals surface area contributed by atoms with Crippen LogP contribution in [0.4, 0.5) is 16.2 Å². The highest BCUT2D eigenvalue weighted by Gasteiger charge is 2.09. The maximum atomic E-state index is 11.1. The molecule has 0 heterocycles. The molecule has 5 N–H and O–H groups in total. The van der Waals surface area contributed by atoms with Crippen LogP contribution in [-0.2, 0) is 4.74 Å². The van der Waals surface area contributed by atoms with Crippen LogP contribution in [0.15, 0.2) is 41.4 Å². The first-order valence-corrected chi connectivity index (χ1v) is 7.35. The van der Waals surface area contributed by atoms with Gasteiger partial charge in [0.2, 0.25) is 0 Å². The van der Waals surface area contributed by atoms with Crippen LogP contribution < -0.4 is 10.6 Å². The summed E-state index contributed by atoms with van der Waals surface area (Å²) in [6.45, 7) is 0. The summed E-state index contributed by atoms with van der Waals surface area (Å²) in [5.41, 5.74) is 0.962. The number of thiocarbonyl (C=S) groups is 1. The monoisotopic (exact) mass is 361 g/mol. The van der Waals surface area contributed by atoms with Crippen LogP contribution in [0.1, 0.15) is 5.56 Å². The smallest absolute Gasteiger partial charge is 0.413 e. The van der Waals surface area contributed by atoms with Gasteiger partial charge in [-0.3, -0.25) is 10.3 Å². The molecule has 0 aromatic heterocycles. The molecule has 0 atom stereocenters. The van der Waals surface area contributed by atoms with Gasteiger partial charge < -0.3 is 25.4 Å². The number of anilines is 1. The number of hydrogen-bond acceptors (Lipinski definition) is 7. The number of nitrogens with zero attached hydrogens (tertiary/aromatic N) is 1. The van der Waals surface area contributed by atoms with Crippen molar-refractivity contribution in [3.05, 3.63) is 42.0 Å². The average Bonchev–Trinajstić information content (AvgIpc) is 2.55. The number of ether oxygens (including phenoxy) is 1. The number of carbonyl (C=O) groups is 1. The number of para-hydroxylation sites is 2. The topological polar surface area (TPSA) is 123 Å². The summed E-state index contributed by atoms with van der Waals surface area (Å²) < 4.78 is 4.45. The molecule has 0 spiro atoms. The van der Waals surface area contributed by atoms with Crippen LogP contribution in [0.3, 0.4) is 0 Å². The highest BCUT2D eigenvalue weighted by Crippen LogP contribution is 2.31. The minimum atomic E-state index is -0.711. The number of phenols is 3. The molecule has 0 aliphatic rings. The lowest BCUT2D eigenvalue weighted by atomic mass is 10.2. The second-order valence-electron chi connectivity index (χ2n) is 4.74. The molecule has 0 unspecified atom stereocenters. The highest BCUT2D eigenvalue weighted by atomic mass is 32.1. The van der Waals surface area contributed by atoms with Crippen LogP contribution >= 0.6 is 12.2 Å². The van der Waals surface area contributed by atoms with Crippen molar-refractivity contribution in [2.45, 2.75) is 0 Å². The molecule has 130 valence electrons. The Morgan fingerprint density at radius 2 is 1.84 bits per heavy atom. The van der Waals surface area contributed by atoms with Gasteiger partial charge in [0.05, 0.1) is 24.0 Å². The number of amides is 1. The Labute approximate surface area is 148 Å². The van der Waals surface area contributed by atoms with Crippen molar-refractivity contribution in [2.75, 3.05) is 12.4 Å². The molecule has 1 amide bonds. The van der Waals surface area contributed by atoms with Crippen molar-refractivity contribution in [3.8, 4) is 17.2 Å². The van der Waals surface area contributed by atoms with E-state index >= 15 is 0 Å². The lowest BCUT2D eigenvalue weighted by Gasteiger charge is -2.10. The summed E-state index contributed by atoms with van der Waals surface area (Å²) in [4.78, 5) is 15.3. The second-order valence-corrected chi connectivity index (χ2v) is 5.15. The standard InChI is InChI=1S/C16H15N3O5S/c1-24-16(23)19-15(25)18-12-5-3-2-4-11(12)17-8-10-13(21)6-9(20)7-14(10)22/h2-8,20-22H,1H3,(H2,18,19,23,25). The van der Waals surface area contributed by atoms with E-state index < -0.39 is 6.09 Å². The molecule has 2 aromatic rings. The van der Waals surface area contributed by atoms with Crippen LogP contribution in [0.5, 0.6) is 17.2 Å². The number of aliphatic imine (C=N–C) groups is 1. The van der Waals surface area contributed by atoms with Crippen molar-refractivity contribution in [1.29, 1.82) is 0 Å². The summed E-state index contributed by atoms with van der Waals surface area (Å²) in [6.07, 6.45) is 0.527. The summed E-state index contributed by atoms with van der Waals surface area (Å²) in [5, 5.41) is 34.0. The molecule has 2 aromatic carbocycles. The molecule has 0 saturated heterocycles. The molecule has 9 heteroatoms. The molecule has 0 fully saturated rings. The number of phenolic OH excluding ortho intramolecular Hbond substituents is 3. The minimum absolute atomic E-state index is 0.0184.